The van der Waals surface area contributed by atoms with Crippen molar-refractivity contribution in [1.82, 2.24) is 19.9 Å². The Hall–Kier alpha value is -7.50. The Morgan fingerprint density at radius 3 is 1.38 bits per heavy atom. The van der Waals surface area contributed by atoms with Gasteiger partial charge in [0, 0.05) is 45.8 Å². The number of rotatable bonds is 5. The number of hydrogen-bond acceptors (Lipinski definition) is 5. The largest absolute Gasteiger partial charge is 0.457 e. The molecule has 2 aliphatic rings. The van der Waals surface area contributed by atoms with Crippen molar-refractivity contribution >= 4 is 0 Å². The van der Waals surface area contributed by atoms with Crippen LogP contribution in [-0.2, 0) is 5.41 Å². The lowest BCUT2D eigenvalue weighted by Gasteiger charge is -2.40. The van der Waals surface area contributed by atoms with E-state index >= 15 is 0 Å². The fourth-order valence-corrected chi connectivity index (χ4v) is 8.57. The molecule has 7 aromatic carbocycles. The van der Waals surface area contributed by atoms with E-state index in [4.69, 9.17) is 19.7 Å². The van der Waals surface area contributed by atoms with Crippen molar-refractivity contribution in [2.45, 2.75) is 5.41 Å². The van der Waals surface area contributed by atoms with Crippen LogP contribution in [0.4, 0.5) is 0 Å². The van der Waals surface area contributed by atoms with Crippen molar-refractivity contribution in [3.05, 3.63) is 217 Å². The number of ether oxygens (including phenoxy) is 1. The maximum absolute atomic E-state index is 6.84. The minimum Gasteiger partial charge on any atom is -0.457 e. The Balaban J connectivity index is 1.10. The number of aromatic nitrogens is 4. The Kier molecular flexibility index (Phi) is 7.32. The van der Waals surface area contributed by atoms with Gasteiger partial charge in [-0.05, 0) is 75.3 Å². The molecule has 0 N–H and O–H groups in total. The first-order valence-electron chi connectivity index (χ1n) is 18.8. The normalized spacial score (nSPS) is 12.9. The van der Waals surface area contributed by atoms with Gasteiger partial charge in [0.1, 0.15) is 11.5 Å². The van der Waals surface area contributed by atoms with E-state index in [0.717, 1.165) is 61.6 Å². The van der Waals surface area contributed by atoms with Crippen LogP contribution in [0, 0.1) is 0 Å². The van der Waals surface area contributed by atoms with Crippen LogP contribution in [0.15, 0.2) is 194 Å². The number of hydrogen-bond donors (Lipinski definition) is 0. The predicted molar refractivity (Wildman–Crippen MR) is 222 cm³/mol. The van der Waals surface area contributed by atoms with Gasteiger partial charge in [-0.15, -0.1) is 0 Å². The van der Waals surface area contributed by atoms with Gasteiger partial charge in [-0.2, -0.15) is 0 Å². The molecule has 0 bridgehead atoms. The van der Waals surface area contributed by atoms with Crippen LogP contribution >= 0.6 is 0 Å². The second kappa shape index (κ2) is 12.8. The molecular formula is C51H32N4O. The highest BCUT2D eigenvalue weighted by Crippen LogP contribution is 2.62. The van der Waals surface area contributed by atoms with Crippen LogP contribution in [0.25, 0.3) is 67.5 Å². The zero-order valence-corrected chi connectivity index (χ0v) is 30.2. The first-order valence-corrected chi connectivity index (χ1v) is 18.8. The van der Waals surface area contributed by atoms with Crippen LogP contribution < -0.4 is 4.74 Å². The number of pyridine rings is 1. The average molecular weight is 717 g/mol. The van der Waals surface area contributed by atoms with Gasteiger partial charge >= 0.3 is 0 Å². The molecule has 5 nitrogen and oxygen atoms in total. The number of fused-ring (bicyclic) bond motifs is 9. The number of benzene rings is 7. The molecule has 5 heteroatoms. The van der Waals surface area contributed by atoms with Gasteiger partial charge in [-0.25, -0.2) is 15.0 Å². The molecule has 0 saturated carbocycles. The minimum atomic E-state index is -0.620. The Morgan fingerprint density at radius 2 is 0.804 bits per heavy atom. The minimum absolute atomic E-state index is 0.618. The van der Waals surface area contributed by atoms with E-state index in [1.54, 1.807) is 0 Å². The van der Waals surface area contributed by atoms with E-state index in [1.165, 1.54) is 22.3 Å². The molecular weight excluding hydrogens is 685 g/mol. The molecule has 1 spiro atoms. The van der Waals surface area contributed by atoms with Gasteiger partial charge in [0.15, 0.2) is 17.5 Å². The molecule has 11 rings (SSSR count). The van der Waals surface area contributed by atoms with Crippen molar-refractivity contribution in [3.8, 4) is 79.0 Å². The van der Waals surface area contributed by atoms with E-state index in [1.807, 2.05) is 79.1 Å². The molecule has 262 valence electrons. The standard InChI is InChI=1S/C51H32N4O/c1-3-13-33(14-4-1)48-53-49(34-15-5-2-6-16-34)55-50(54-48)38-18-11-17-35(29-38)36-24-26-46-44(30-36)51(42-22-9-7-20-40(42)41-21-8-10-23-43(41)51)45-31-37(25-27-47(45)56-46)39-19-12-28-52-32-39/h1-32H. The highest BCUT2D eigenvalue weighted by Gasteiger charge is 2.51. The third-order valence-corrected chi connectivity index (χ3v) is 11.1. The van der Waals surface area contributed by atoms with Crippen molar-refractivity contribution in [2.24, 2.45) is 0 Å². The third-order valence-electron chi connectivity index (χ3n) is 11.1. The van der Waals surface area contributed by atoms with E-state index in [2.05, 4.69) is 120 Å². The molecule has 0 atom stereocenters. The molecule has 0 unspecified atom stereocenters. The lowest BCUT2D eigenvalue weighted by molar-refractivity contribution is 0.436. The number of nitrogens with zero attached hydrogens (tertiary/aromatic N) is 4. The van der Waals surface area contributed by atoms with Crippen molar-refractivity contribution in [3.63, 3.8) is 0 Å². The predicted octanol–water partition coefficient (Wildman–Crippen LogP) is 12.1. The van der Waals surface area contributed by atoms with Crippen LogP contribution in [0.2, 0.25) is 0 Å². The summed E-state index contributed by atoms with van der Waals surface area (Å²) in [6.07, 6.45) is 3.74. The second-order valence-electron chi connectivity index (χ2n) is 14.2. The lowest BCUT2D eigenvalue weighted by atomic mass is 9.65. The summed E-state index contributed by atoms with van der Waals surface area (Å²) in [6.45, 7) is 0. The summed E-state index contributed by atoms with van der Waals surface area (Å²) in [7, 11) is 0. The Labute approximate surface area is 324 Å². The molecule has 9 aromatic rings. The monoisotopic (exact) mass is 716 g/mol. The summed E-state index contributed by atoms with van der Waals surface area (Å²) >= 11 is 0. The summed E-state index contributed by atoms with van der Waals surface area (Å²) in [5, 5.41) is 0. The van der Waals surface area contributed by atoms with E-state index < -0.39 is 5.41 Å². The smallest absolute Gasteiger partial charge is 0.164 e. The molecule has 0 saturated heterocycles. The molecule has 0 amide bonds. The quantitative estimate of drug-likeness (QED) is 0.177. The molecule has 56 heavy (non-hydrogen) atoms. The molecule has 1 aliphatic carbocycles. The molecule has 1 aliphatic heterocycles. The summed E-state index contributed by atoms with van der Waals surface area (Å²) in [5.41, 5.74) is 13.6. The first-order chi connectivity index (χ1) is 27.7. The van der Waals surface area contributed by atoms with Crippen LogP contribution in [0.3, 0.4) is 0 Å². The maximum atomic E-state index is 6.84. The van der Waals surface area contributed by atoms with Gasteiger partial charge < -0.3 is 4.74 Å². The lowest BCUT2D eigenvalue weighted by Crippen LogP contribution is -2.32. The second-order valence-corrected chi connectivity index (χ2v) is 14.2. The SMILES string of the molecule is c1ccc(-c2nc(-c3ccccc3)nc(-c3cccc(-c4ccc5c(c4)C4(c6cc(-c7cccnc7)ccc6O5)c5ccccc5-c5ccccc54)c3)n2)cc1. The summed E-state index contributed by atoms with van der Waals surface area (Å²) < 4.78 is 6.84. The summed E-state index contributed by atoms with van der Waals surface area (Å²) in [6, 6.07) is 63.6. The van der Waals surface area contributed by atoms with Gasteiger partial charge in [-0.1, -0.05) is 146 Å². The van der Waals surface area contributed by atoms with Gasteiger partial charge in [-0.3, -0.25) is 4.98 Å². The van der Waals surface area contributed by atoms with Crippen LogP contribution in [0.5, 0.6) is 11.5 Å². The average Bonchev–Trinajstić information content (AvgIpc) is 3.57. The fraction of sp³-hybridized carbons (Fsp3) is 0.0196. The zero-order chi connectivity index (χ0) is 37.1. The first kappa shape index (κ1) is 32.0. The zero-order valence-electron chi connectivity index (χ0n) is 30.2. The fourth-order valence-electron chi connectivity index (χ4n) is 8.57. The highest BCUT2D eigenvalue weighted by atomic mass is 16.5. The maximum Gasteiger partial charge on any atom is 0.164 e. The van der Waals surface area contributed by atoms with E-state index in [9.17, 15) is 0 Å². The van der Waals surface area contributed by atoms with E-state index in [-0.39, 0.29) is 0 Å². The highest BCUT2D eigenvalue weighted by molar-refractivity contribution is 5.90. The van der Waals surface area contributed by atoms with Gasteiger partial charge in [0.25, 0.3) is 0 Å². The van der Waals surface area contributed by atoms with Crippen LogP contribution in [-0.4, -0.2) is 19.9 Å². The molecule has 0 fully saturated rings. The third kappa shape index (κ3) is 5.02. The summed E-state index contributed by atoms with van der Waals surface area (Å²) in [5.74, 6) is 3.58. The van der Waals surface area contributed by atoms with Crippen molar-refractivity contribution < 1.29 is 4.74 Å². The Bertz CT molecular complexity index is 2840. The topological polar surface area (TPSA) is 60.8 Å². The van der Waals surface area contributed by atoms with Gasteiger partial charge in [0.2, 0.25) is 0 Å². The van der Waals surface area contributed by atoms with E-state index in [0.29, 0.717) is 17.5 Å². The molecule has 0 radical (unpaired) electrons. The van der Waals surface area contributed by atoms with Crippen molar-refractivity contribution in [1.29, 1.82) is 0 Å². The summed E-state index contributed by atoms with van der Waals surface area (Å²) in [4.78, 5) is 19.4. The molecule has 2 aromatic heterocycles. The Morgan fingerprint density at radius 1 is 0.339 bits per heavy atom. The molecule has 3 heterocycles. The van der Waals surface area contributed by atoms with Gasteiger partial charge in [0.05, 0.1) is 5.41 Å². The van der Waals surface area contributed by atoms with Crippen molar-refractivity contribution in [2.75, 3.05) is 0 Å². The van der Waals surface area contributed by atoms with Crippen LogP contribution in [0.1, 0.15) is 22.3 Å².